The smallest absolute Gasteiger partial charge is 0.358 e. The zero-order valence-corrected chi connectivity index (χ0v) is 12.0. The third kappa shape index (κ3) is 3.10. The molecule has 2 aromatic heterocycles. The molecule has 110 valence electrons. The summed E-state index contributed by atoms with van der Waals surface area (Å²) in [5.41, 5.74) is 0.372. The van der Waals surface area contributed by atoms with Crippen LogP contribution in [-0.4, -0.2) is 38.0 Å². The van der Waals surface area contributed by atoms with E-state index in [1.165, 1.54) is 16.0 Å². The average molecular weight is 306 g/mol. The summed E-state index contributed by atoms with van der Waals surface area (Å²) in [4.78, 5) is 23.7. The Morgan fingerprint density at radius 1 is 1.48 bits per heavy atom. The van der Waals surface area contributed by atoms with Crippen molar-refractivity contribution in [3.63, 3.8) is 0 Å². The number of carboxylic acids is 1. The predicted octanol–water partition coefficient (Wildman–Crippen LogP) is 1.37. The van der Waals surface area contributed by atoms with Crippen LogP contribution in [0.15, 0.2) is 17.5 Å². The summed E-state index contributed by atoms with van der Waals surface area (Å²) in [6.07, 6.45) is 2.34. The molecule has 0 atom stereocenters. The summed E-state index contributed by atoms with van der Waals surface area (Å²) in [5.74, 6) is -1.16. The second-order valence-electron chi connectivity index (χ2n) is 4.88. The molecule has 1 saturated carbocycles. The normalized spacial score (nSPS) is 14.1. The number of thiophene rings is 1. The van der Waals surface area contributed by atoms with Gasteiger partial charge < -0.3 is 10.4 Å². The lowest BCUT2D eigenvalue weighted by atomic mass is 10.2. The van der Waals surface area contributed by atoms with Gasteiger partial charge in [0, 0.05) is 12.5 Å². The highest BCUT2D eigenvalue weighted by Crippen LogP contribution is 2.27. The Hall–Kier alpha value is -2.22. The molecular formula is C13H14N4O3S. The van der Waals surface area contributed by atoms with Gasteiger partial charge in [-0.3, -0.25) is 4.79 Å². The highest BCUT2D eigenvalue weighted by molar-refractivity contribution is 7.13. The molecular weight excluding hydrogens is 292 g/mol. The third-order valence-electron chi connectivity index (χ3n) is 3.19. The van der Waals surface area contributed by atoms with Gasteiger partial charge in [0.25, 0.3) is 0 Å². The maximum absolute atomic E-state index is 11.7. The molecule has 0 aliphatic heterocycles. The number of carbonyl (C=O) groups excluding carboxylic acids is 1. The lowest BCUT2D eigenvalue weighted by Gasteiger charge is -2.06. The Morgan fingerprint density at radius 2 is 2.29 bits per heavy atom. The van der Waals surface area contributed by atoms with Crippen molar-refractivity contribution < 1.29 is 14.7 Å². The predicted molar refractivity (Wildman–Crippen MR) is 76.1 cm³/mol. The molecule has 8 heteroatoms. The summed E-state index contributed by atoms with van der Waals surface area (Å²) >= 11 is 1.42. The Morgan fingerprint density at radius 3 is 2.90 bits per heavy atom. The summed E-state index contributed by atoms with van der Waals surface area (Å²) in [6.45, 7) is 0.312. The topological polar surface area (TPSA) is 97.1 Å². The van der Waals surface area contributed by atoms with Crippen LogP contribution in [-0.2, 0) is 11.3 Å². The molecule has 0 aromatic carbocycles. The standard InChI is InChI=1S/C13H14N4O3S/c18-10(14-8-3-4-8)5-6-17-12(9-2-1-7-21-9)11(13(19)20)15-16-17/h1-2,7-8H,3-6H2,(H,14,18)(H,19,20). The molecule has 0 bridgehead atoms. The molecule has 0 radical (unpaired) electrons. The Kier molecular flexibility index (Phi) is 3.70. The van der Waals surface area contributed by atoms with Crippen LogP contribution in [0.5, 0.6) is 0 Å². The fraction of sp³-hybridized carbons (Fsp3) is 0.385. The van der Waals surface area contributed by atoms with Gasteiger partial charge in [0.15, 0.2) is 5.69 Å². The molecule has 1 aliphatic rings. The van der Waals surface area contributed by atoms with Crippen LogP contribution in [0.25, 0.3) is 10.6 Å². The Balaban J connectivity index is 1.78. The number of aromatic carboxylic acids is 1. The number of aryl methyl sites for hydroxylation is 1. The van der Waals surface area contributed by atoms with Crippen molar-refractivity contribution in [1.29, 1.82) is 0 Å². The van der Waals surface area contributed by atoms with Crippen LogP contribution in [0.2, 0.25) is 0 Å². The van der Waals surface area contributed by atoms with Gasteiger partial charge in [-0.15, -0.1) is 16.4 Å². The van der Waals surface area contributed by atoms with Gasteiger partial charge in [0.1, 0.15) is 5.69 Å². The van der Waals surface area contributed by atoms with Crippen molar-refractivity contribution >= 4 is 23.2 Å². The van der Waals surface area contributed by atoms with Crippen LogP contribution < -0.4 is 5.32 Å². The summed E-state index contributed by atoms with van der Waals surface area (Å²) < 4.78 is 1.49. The molecule has 21 heavy (non-hydrogen) atoms. The van der Waals surface area contributed by atoms with Crippen LogP contribution in [0.1, 0.15) is 29.8 Å². The van der Waals surface area contributed by atoms with E-state index in [9.17, 15) is 14.7 Å². The van der Waals surface area contributed by atoms with Crippen molar-refractivity contribution in [1.82, 2.24) is 20.3 Å². The number of nitrogens with one attached hydrogen (secondary N) is 1. The number of carboxylic acid groups (broad SMARTS) is 1. The molecule has 0 unspecified atom stereocenters. The lowest BCUT2D eigenvalue weighted by Crippen LogP contribution is -2.26. The van der Waals surface area contributed by atoms with E-state index in [1.807, 2.05) is 17.5 Å². The molecule has 0 spiro atoms. The van der Waals surface area contributed by atoms with E-state index in [0.717, 1.165) is 17.7 Å². The van der Waals surface area contributed by atoms with Crippen molar-refractivity contribution in [3.05, 3.63) is 23.2 Å². The van der Waals surface area contributed by atoms with Crippen molar-refractivity contribution in [2.75, 3.05) is 0 Å². The number of hydrogen-bond acceptors (Lipinski definition) is 5. The minimum atomic E-state index is -1.12. The van der Waals surface area contributed by atoms with Crippen LogP contribution in [0.4, 0.5) is 0 Å². The Labute approximate surface area is 124 Å². The van der Waals surface area contributed by atoms with Gasteiger partial charge in [-0.05, 0) is 24.3 Å². The van der Waals surface area contributed by atoms with Gasteiger partial charge in [-0.25, -0.2) is 9.48 Å². The quantitative estimate of drug-likeness (QED) is 0.840. The van der Waals surface area contributed by atoms with E-state index in [1.54, 1.807) is 0 Å². The number of carbonyl (C=O) groups is 2. The maximum atomic E-state index is 11.7. The first-order valence-corrected chi connectivity index (χ1v) is 7.53. The van der Waals surface area contributed by atoms with E-state index in [4.69, 9.17) is 0 Å². The van der Waals surface area contributed by atoms with Crippen LogP contribution in [0.3, 0.4) is 0 Å². The first-order valence-electron chi connectivity index (χ1n) is 6.65. The maximum Gasteiger partial charge on any atom is 0.358 e. The monoisotopic (exact) mass is 306 g/mol. The van der Waals surface area contributed by atoms with E-state index in [0.29, 0.717) is 18.3 Å². The molecule has 1 amide bonds. The van der Waals surface area contributed by atoms with E-state index < -0.39 is 5.97 Å². The highest BCUT2D eigenvalue weighted by atomic mass is 32.1. The summed E-state index contributed by atoms with van der Waals surface area (Å²) in [7, 11) is 0. The second kappa shape index (κ2) is 5.65. The highest BCUT2D eigenvalue weighted by Gasteiger charge is 2.24. The van der Waals surface area contributed by atoms with Crippen molar-refractivity contribution in [2.24, 2.45) is 0 Å². The average Bonchev–Trinajstić information content (AvgIpc) is 2.94. The minimum Gasteiger partial charge on any atom is -0.476 e. The number of hydrogen-bond donors (Lipinski definition) is 2. The van der Waals surface area contributed by atoms with E-state index in [-0.39, 0.29) is 18.0 Å². The van der Waals surface area contributed by atoms with Crippen molar-refractivity contribution in [2.45, 2.75) is 31.8 Å². The lowest BCUT2D eigenvalue weighted by molar-refractivity contribution is -0.121. The molecule has 1 fully saturated rings. The van der Waals surface area contributed by atoms with Crippen molar-refractivity contribution in [3.8, 4) is 10.6 Å². The summed E-state index contributed by atoms with van der Waals surface area (Å²) in [5, 5.41) is 21.5. The molecule has 3 rings (SSSR count). The molecule has 0 saturated heterocycles. The first kappa shape index (κ1) is 13.7. The fourth-order valence-corrected chi connectivity index (χ4v) is 2.78. The third-order valence-corrected chi connectivity index (χ3v) is 4.06. The van der Waals surface area contributed by atoms with Gasteiger partial charge in [0.2, 0.25) is 5.91 Å². The molecule has 7 nitrogen and oxygen atoms in total. The SMILES string of the molecule is O=C(CCn1nnc(C(=O)O)c1-c1cccs1)NC1CC1. The number of nitrogens with zero attached hydrogens (tertiary/aromatic N) is 3. The largest absolute Gasteiger partial charge is 0.476 e. The zero-order valence-electron chi connectivity index (χ0n) is 11.2. The Bertz CT molecular complexity index is 661. The van der Waals surface area contributed by atoms with Gasteiger partial charge in [-0.2, -0.15) is 0 Å². The second-order valence-corrected chi connectivity index (χ2v) is 5.83. The molecule has 2 heterocycles. The number of amides is 1. The number of aromatic nitrogens is 3. The molecule has 2 aromatic rings. The van der Waals surface area contributed by atoms with E-state index in [2.05, 4.69) is 15.6 Å². The van der Waals surface area contributed by atoms with E-state index >= 15 is 0 Å². The van der Waals surface area contributed by atoms with Crippen LogP contribution in [0, 0.1) is 0 Å². The zero-order chi connectivity index (χ0) is 14.8. The van der Waals surface area contributed by atoms with Gasteiger partial charge in [0.05, 0.1) is 11.4 Å². The van der Waals surface area contributed by atoms with Gasteiger partial charge in [-0.1, -0.05) is 11.3 Å². The molecule has 2 N–H and O–H groups in total. The van der Waals surface area contributed by atoms with Gasteiger partial charge >= 0.3 is 5.97 Å². The number of rotatable bonds is 6. The minimum absolute atomic E-state index is 0.0398. The van der Waals surface area contributed by atoms with Crippen LogP contribution >= 0.6 is 11.3 Å². The first-order chi connectivity index (χ1) is 10.1. The fourth-order valence-electron chi connectivity index (χ4n) is 2.01. The molecule has 1 aliphatic carbocycles. The summed E-state index contributed by atoms with van der Waals surface area (Å²) in [6, 6.07) is 3.97.